The summed E-state index contributed by atoms with van der Waals surface area (Å²) in [6.07, 6.45) is 0.288. The van der Waals surface area contributed by atoms with Crippen molar-refractivity contribution in [2.75, 3.05) is 5.32 Å². The minimum absolute atomic E-state index is 0.111. The lowest BCUT2D eigenvalue weighted by Gasteiger charge is -2.04. The third kappa shape index (κ3) is 3.63. The van der Waals surface area contributed by atoms with Crippen molar-refractivity contribution >= 4 is 33.1 Å². The largest absolute Gasteiger partial charge is 0.302 e. The highest BCUT2D eigenvalue weighted by Gasteiger charge is 2.09. The minimum Gasteiger partial charge on any atom is -0.302 e. The van der Waals surface area contributed by atoms with Crippen LogP contribution in [0.4, 0.5) is 9.52 Å². The number of carbonyl (C=O) groups excluding carboxylic acids is 1. The van der Waals surface area contributed by atoms with Gasteiger partial charge in [-0.1, -0.05) is 42.5 Å². The number of hydrogen-bond acceptors (Lipinski definition) is 3. The van der Waals surface area contributed by atoms with Gasteiger partial charge in [-0.05, 0) is 40.6 Å². The Labute approximate surface area is 154 Å². The SMILES string of the molecule is O=C(Cc1ccc2ccccc2c1)Nc1nc(-c2ccc(F)cc2)cs1. The Hall–Kier alpha value is -3.05. The molecule has 3 nitrogen and oxygen atoms in total. The number of carbonyl (C=O) groups is 1. The van der Waals surface area contributed by atoms with Crippen LogP contribution in [0.25, 0.3) is 22.0 Å². The minimum atomic E-state index is -0.284. The van der Waals surface area contributed by atoms with E-state index in [0.29, 0.717) is 5.13 Å². The zero-order chi connectivity index (χ0) is 17.9. The Bertz CT molecular complexity index is 1070. The predicted octanol–water partition coefficient (Wildman–Crippen LogP) is 5.28. The Morgan fingerprint density at radius 2 is 1.77 bits per heavy atom. The summed E-state index contributed by atoms with van der Waals surface area (Å²) in [5.41, 5.74) is 2.49. The number of rotatable bonds is 4. The first-order chi connectivity index (χ1) is 12.7. The molecule has 0 spiro atoms. The van der Waals surface area contributed by atoms with Gasteiger partial charge in [-0.25, -0.2) is 9.37 Å². The van der Waals surface area contributed by atoms with Gasteiger partial charge in [-0.2, -0.15) is 0 Å². The second-order valence-electron chi connectivity index (χ2n) is 5.95. The van der Waals surface area contributed by atoms with Gasteiger partial charge in [0.05, 0.1) is 12.1 Å². The molecule has 128 valence electrons. The molecule has 0 saturated heterocycles. The van der Waals surface area contributed by atoms with Crippen LogP contribution >= 0.6 is 11.3 Å². The van der Waals surface area contributed by atoms with Gasteiger partial charge in [0.25, 0.3) is 0 Å². The summed E-state index contributed by atoms with van der Waals surface area (Å²) >= 11 is 1.35. The highest BCUT2D eigenvalue weighted by atomic mass is 32.1. The van der Waals surface area contributed by atoms with E-state index in [9.17, 15) is 9.18 Å². The molecule has 0 aliphatic heterocycles. The number of nitrogens with zero attached hydrogens (tertiary/aromatic N) is 1. The number of anilines is 1. The summed E-state index contributed by atoms with van der Waals surface area (Å²) in [6, 6.07) is 20.2. The molecule has 26 heavy (non-hydrogen) atoms. The van der Waals surface area contributed by atoms with Crippen LogP contribution in [-0.2, 0) is 11.2 Å². The van der Waals surface area contributed by atoms with Crippen molar-refractivity contribution in [1.82, 2.24) is 4.98 Å². The summed E-state index contributed by atoms with van der Waals surface area (Å²) < 4.78 is 13.0. The second kappa shape index (κ2) is 7.06. The van der Waals surface area contributed by atoms with Gasteiger partial charge in [-0.15, -0.1) is 11.3 Å². The molecule has 0 bridgehead atoms. The molecule has 4 rings (SSSR count). The molecule has 1 amide bonds. The summed E-state index contributed by atoms with van der Waals surface area (Å²) in [7, 11) is 0. The van der Waals surface area contributed by atoms with Crippen LogP contribution in [0.1, 0.15) is 5.56 Å². The summed E-state index contributed by atoms with van der Waals surface area (Å²) in [6.45, 7) is 0. The van der Waals surface area contributed by atoms with E-state index in [2.05, 4.69) is 10.3 Å². The molecule has 1 N–H and O–H groups in total. The normalized spacial score (nSPS) is 10.8. The van der Waals surface area contributed by atoms with Gasteiger partial charge in [-0.3, -0.25) is 4.79 Å². The maximum absolute atomic E-state index is 13.0. The Balaban J connectivity index is 1.45. The number of thiazole rings is 1. The van der Waals surface area contributed by atoms with Gasteiger partial charge < -0.3 is 5.32 Å². The van der Waals surface area contributed by atoms with Gasteiger partial charge in [0.15, 0.2) is 5.13 Å². The van der Waals surface area contributed by atoms with Crippen molar-refractivity contribution < 1.29 is 9.18 Å². The predicted molar refractivity (Wildman–Crippen MR) is 104 cm³/mol. The first-order valence-electron chi connectivity index (χ1n) is 8.16. The lowest BCUT2D eigenvalue weighted by molar-refractivity contribution is -0.115. The number of hydrogen-bond donors (Lipinski definition) is 1. The molecule has 0 unspecified atom stereocenters. The van der Waals surface area contributed by atoms with Crippen LogP contribution in [0.2, 0.25) is 0 Å². The fourth-order valence-corrected chi connectivity index (χ4v) is 3.52. The molecule has 1 aromatic heterocycles. The molecule has 0 fully saturated rings. The molecular weight excluding hydrogens is 347 g/mol. The van der Waals surface area contributed by atoms with E-state index >= 15 is 0 Å². The molecule has 4 aromatic rings. The molecule has 0 aliphatic carbocycles. The van der Waals surface area contributed by atoms with Crippen LogP contribution in [-0.4, -0.2) is 10.9 Å². The zero-order valence-electron chi connectivity index (χ0n) is 13.8. The molecule has 0 saturated carbocycles. The Morgan fingerprint density at radius 3 is 2.58 bits per heavy atom. The highest BCUT2D eigenvalue weighted by molar-refractivity contribution is 7.14. The highest BCUT2D eigenvalue weighted by Crippen LogP contribution is 2.25. The smallest absolute Gasteiger partial charge is 0.230 e. The molecule has 0 atom stereocenters. The van der Waals surface area contributed by atoms with E-state index in [4.69, 9.17) is 0 Å². The number of nitrogens with one attached hydrogen (secondary N) is 1. The van der Waals surface area contributed by atoms with E-state index in [0.717, 1.165) is 27.6 Å². The van der Waals surface area contributed by atoms with Gasteiger partial charge in [0.2, 0.25) is 5.91 Å². The average molecular weight is 362 g/mol. The third-order valence-electron chi connectivity index (χ3n) is 4.07. The summed E-state index contributed by atoms with van der Waals surface area (Å²) in [5, 5.41) is 7.49. The van der Waals surface area contributed by atoms with Crippen LogP contribution < -0.4 is 5.32 Å². The van der Waals surface area contributed by atoms with Gasteiger partial charge >= 0.3 is 0 Å². The maximum Gasteiger partial charge on any atom is 0.230 e. The number of benzene rings is 3. The number of fused-ring (bicyclic) bond motifs is 1. The number of halogens is 1. The monoisotopic (exact) mass is 362 g/mol. The van der Waals surface area contributed by atoms with Crippen LogP contribution in [0.15, 0.2) is 72.1 Å². The Kier molecular flexibility index (Phi) is 4.46. The van der Waals surface area contributed by atoms with Crippen LogP contribution in [0.3, 0.4) is 0 Å². The first-order valence-corrected chi connectivity index (χ1v) is 9.04. The lowest BCUT2D eigenvalue weighted by atomic mass is 10.1. The van der Waals surface area contributed by atoms with Crippen molar-refractivity contribution in [3.63, 3.8) is 0 Å². The van der Waals surface area contributed by atoms with Crippen molar-refractivity contribution in [2.24, 2.45) is 0 Å². The number of amides is 1. The van der Waals surface area contributed by atoms with Crippen LogP contribution in [0, 0.1) is 5.82 Å². The third-order valence-corrected chi connectivity index (χ3v) is 4.83. The van der Waals surface area contributed by atoms with Crippen molar-refractivity contribution in [3.05, 3.63) is 83.5 Å². The van der Waals surface area contributed by atoms with Crippen LogP contribution in [0.5, 0.6) is 0 Å². The van der Waals surface area contributed by atoms with E-state index < -0.39 is 0 Å². The second-order valence-corrected chi connectivity index (χ2v) is 6.81. The first kappa shape index (κ1) is 16.4. The van der Waals surface area contributed by atoms with E-state index in [-0.39, 0.29) is 18.1 Å². The fourth-order valence-electron chi connectivity index (χ4n) is 2.78. The zero-order valence-corrected chi connectivity index (χ0v) is 14.6. The lowest BCUT2D eigenvalue weighted by Crippen LogP contribution is -2.14. The molecule has 3 aromatic carbocycles. The van der Waals surface area contributed by atoms with Crippen molar-refractivity contribution in [1.29, 1.82) is 0 Å². The topological polar surface area (TPSA) is 42.0 Å². The summed E-state index contributed by atoms with van der Waals surface area (Å²) in [5.74, 6) is -0.395. The van der Waals surface area contributed by atoms with Crippen molar-refractivity contribution in [3.8, 4) is 11.3 Å². The average Bonchev–Trinajstić information content (AvgIpc) is 3.10. The molecule has 1 heterocycles. The quantitative estimate of drug-likeness (QED) is 0.536. The molecule has 5 heteroatoms. The maximum atomic E-state index is 13.0. The van der Waals surface area contributed by atoms with Gasteiger partial charge in [0.1, 0.15) is 5.82 Å². The Morgan fingerprint density at radius 1 is 1.00 bits per heavy atom. The van der Waals surface area contributed by atoms with E-state index in [1.54, 1.807) is 12.1 Å². The summed E-state index contributed by atoms with van der Waals surface area (Å²) in [4.78, 5) is 16.7. The van der Waals surface area contributed by atoms with E-state index in [1.807, 2.05) is 47.8 Å². The molecule has 0 radical (unpaired) electrons. The molecular formula is C21H15FN2OS. The fraction of sp³-hybridized carbons (Fsp3) is 0.0476. The van der Waals surface area contributed by atoms with Gasteiger partial charge in [0, 0.05) is 10.9 Å². The van der Waals surface area contributed by atoms with E-state index in [1.165, 1.54) is 23.5 Å². The van der Waals surface area contributed by atoms with Crippen molar-refractivity contribution in [2.45, 2.75) is 6.42 Å². The standard InChI is InChI=1S/C21H15FN2OS/c22-18-9-7-16(8-10-18)19-13-26-21(23-19)24-20(25)12-14-5-6-15-3-1-2-4-17(15)11-14/h1-11,13H,12H2,(H,23,24,25). The number of aromatic nitrogens is 1. The molecule has 0 aliphatic rings.